The summed E-state index contributed by atoms with van der Waals surface area (Å²) in [5.74, 6) is 1.20. The van der Waals surface area contributed by atoms with Crippen molar-refractivity contribution in [3.8, 4) is 0 Å². The molecular formula is C9H11N5O. The van der Waals surface area contributed by atoms with E-state index < -0.39 is 0 Å². The fourth-order valence-electron chi connectivity index (χ4n) is 1.17. The first-order chi connectivity index (χ1) is 7.25. The Morgan fingerprint density at radius 3 is 3.00 bits per heavy atom. The molecule has 6 heteroatoms. The van der Waals surface area contributed by atoms with E-state index in [1.165, 1.54) is 6.39 Å². The van der Waals surface area contributed by atoms with Crippen molar-refractivity contribution in [3.63, 3.8) is 0 Å². The van der Waals surface area contributed by atoms with Crippen LogP contribution in [-0.2, 0) is 6.54 Å². The van der Waals surface area contributed by atoms with Gasteiger partial charge in [-0.3, -0.25) is 0 Å². The van der Waals surface area contributed by atoms with Gasteiger partial charge in [-0.05, 0) is 18.6 Å². The minimum Gasteiger partial charge on any atom is -0.396 e. The Bertz CT molecular complexity index is 440. The molecule has 0 saturated heterocycles. The van der Waals surface area contributed by atoms with Crippen LogP contribution >= 0.6 is 0 Å². The average Bonchev–Trinajstić information content (AvgIpc) is 2.69. The van der Waals surface area contributed by atoms with Gasteiger partial charge in [-0.25, -0.2) is 4.98 Å². The smallest absolute Gasteiger partial charge is 0.213 e. The number of anilines is 2. The van der Waals surface area contributed by atoms with Gasteiger partial charge in [0.1, 0.15) is 5.82 Å². The predicted octanol–water partition coefficient (Wildman–Crippen LogP) is 0.967. The third-order valence-electron chi connectivity index (χ3n) is 1.87. The van der Waals surface area contributed by atoms with Gasteiger partial charge in [0.2, 0.25) is 6.39 Å². The van der Waals surface area contributed by atoms with Gasteiger partial charge in [0.25, 0.3) is 0 Å². The largest absolute Gasteiger partial charge is 0.396 e. The number of nitrogens with one attached hydrogen (secondary N) is 1. The number of rotatable bonds is 3. The molecule has 0 fully saturated rings. The molecule has 0 radical (unpaired) electrons. The maximum absolute atomic E-state index is 5.77. The molecule has 0 saturated carbocycles. The monoisotopic (exact) mass is 205 g/mol. The summed E-state index contributed by atoms with van der Waals surface area (Å²) < 4.78 is 4.60. The molecule has 15 heavy (non-hydrogen) atoms. The average molecular weight is 205 g/mol. The fraction of sp³-hybridized carbons (Fsp3) is 0.222. The number of nitrogens with zero attached hydrogens (tertiary/aromatic N) is 3. The number of nitrogen functional groups attached to an aromatic ring is 1. The van der Waals surface area contributed by atoms with Gasteiger partial charge < -0.3 is 15.6 Å². The Balaban J connectivity index is 2.05. The molecule has 6 nitrogen and oxygen atoms in total. The predicted molar refractivity (Wildman–Crippen MR) is 55.0 cm³/mol. The van der Waals surface area contributed by atoms with Crippen LogP contribution in [0.1, 0.15) is 11.4 Å². The second kappa shape index (κ2) is 3.95. The SMILES string of the molecule is Cc1cnc(NCc2ncon2)c(N)c1. The fourth-order valence-corrected chi connectivity index (χ4v) is 1.17. The lowest BCUT2D eigenvalue weighted by molar-refractivity contribution is 0.411. The molecule has 0 spiro atoms. The molecule has 0 aliphatic heterocycles. The lowest BCUT2D eigenvalue weighted by Gasteiger charge is -2.06. The van der Waals surface area contributed by atoms with Gasteiger partial charge in [0, 0.05) is 6.20 Å². The van der Waals surface area contributed by atoms with Crippen LogP contribution in [0.15, 0.2) is 23.2 Å². The van der Waals surface area contributed by atoms with Crippen LogP contribution in [0.3, 0.4) is 0 Å². The molecule has 0 bridgehead atoms. The van der Waals surface area contributed by atoms with E-state index in [1.54, 1.807) is 6.20 Å². The highest BCUT2D eigenvalue weighted by Gasteiger charge is 2.02. The number of hydrogen-bond donors (Lipinski definition) is 2. The number of nitrogens with two attached hydrogens (primary N) is 1. The highest BCUT2D eigenvalue weighted by Crippen LogP contribution is 2.15. The van der Waals surface area contributed by atoms with Crippen molar-refractivity contribution in [1.29, 1.82) is 0 Å². The summed E-state index contributed by atoms with van der Waals surface area (Å²) >= 11 is 0. The van der Waals surface area contributed by atoms with Gasteiger partial charge in [0.05, 0.1) is 12.2 Å². The number of hydrogen-bond acceptors (Lipinski definition) is 6. The maximum Gasteiger partial charge on any atom is 0.213 e. The Hall–Kier alpha value is -2.11. The molecule has 2 rings (SSSR count). The molecule has 78 valence electrons. The molecule has 2 aromatic rings. The topological polar surface area (TPSA) is 89.9 Å². The van der Waals surface area contributed by atoms with Crippen LogP contribution < -0.4 is 11.1 Å². The normalized spacial score (nSPS) is 10.2. The minimum atomic E-state index is 0.441. The molecule has 0 amide bonds. The van der Waals surface area contributed by atoms with Crippen molar-refractivity contribution in [2.75, 3.05) is 11.1 Å². The van der Waals surface area contributed by atoms with Crippen molar-refractivity contribution in [1.82, 2.24) is 15.1 Å². The molecule has 0 atom stereocenters. The molecular weight excluding hydrogens is 194 g/mol. The standard InChI is InChI=1S/C9H11N5O/c1-6-2-7(10)9(11-3-6)12-4-8-13-5-15-14-8/h2-3,5H,4,10H2,1H3,(H,11,12). The Morgan fingerprint density at radius 2 is 2.33 bits per heavy atom. The molecule has 3 N–H and O–H groups in total. The molecule has 0 aliphatic rings. The van der Waals surface area contributed by atoms with Crippen LogP contribution in [-0.4, -0.2) is 15.1 Å². The van der Waals surface area contributed by atoms with Crippen LogP contribution in [0.2, 0.25) is 0 Å². The zero-order valence-electron chi connectivity index (χ0n) is 8.27. The van der Waals surface area contributed by atoms with Crippen molar-refractivity contribution < 1.29 is 4.52 Å². The number of aryl methyl sites for hydroxylation is 1. The van der Waals surface area contributed by atoms with Crippen molar-refractivity contribution in [3.05, 3.63) is 30.0 Å². The summed E-state index contributed by atoms with van der Waals surface area (Å²) in [7, 11) is 0. The first kappa shape index (κ1) is 9.45. The van der Waals surface area contributed by atoms with Gasteiger partial charge in [-0.2, -0.15) is 4.98 Å². The lowest BCUT2D eigenvalue weighted by atomic mass is 10.3. The Labute approximate surface area is 86.5 Å². The summed E-state index contributed by atoms with van der Waals surface area (Å²) in [6.45, 7) is 2.38. The lowest BCUT2D eigenvalue weighted by Crippen LogP contribution is -2.05. The van der Waals surface area contributed by atoms with Crippen LogP contribution in [0.25, 0.3) is 0 Å². The molecule has 0 aromatic carbocycles. The van der Waals surface area contributed by atoms with E-state index in [0.29, 0.717) is 23.9 Å². The van der Waals surface area contributed by atoms with Crippen LogP contribution in [0.4, 0.5) is 11.5 Å². The van der Waals surface area contributed by atoms with Crippen molar-refractivity contribution >= 4 is 11.5 Å². The second-order valence-corrected chi connectivity index (χ2v) is 3.15. The van der Waals surface area contributed by atoms with Gasteiger partial charge >= 0.3 is 0 Å². The first-order valence-electron chi connectivity index (χ1n) is 4.47. The second-order valence-electron chi connectivity index (χ2n) is 3.15. The van der Waals surface area contributed by atoms with E-state index >= 15 is 0 Å². The third kappa shape index (κ3) is 2.22. The van der Waals surface area contributed by atoms with Crippen molar-refractivity contribution in [2.45, 2.75) is 13.5 Å². The van der Waals surface area contributed by atoms with E-state index in [-0.39, 0.29) is 0 Å². The van der Waals surface area contributed by atoms with Gasteiger partial charge in [0.15, 0.2) is 5.82 Å². The first-order valence-corrected chi connectivity index (χ1v) is 4.47. The summed E-state index contributed by atoms with van der Waals surface area (Å²) in [4.78, 5) is 8.02. The third-order valence-corrected chi connectivity index (χ3v) is 1.87. The number of pyridine rings is 1. The van der Waals surface area contributed by atoms with E-state index in [4.69, 9.17) is 5.73 Å². The molecule has 2 aromatic heterocycles. The highest BCUT2D eigenvalue weighted by atomic mass is 16.5. The van der Waals surface area contributed by atoms with E-state index in [2.05, 4.69) is 25.0 Å². The quantitative estimate of drug-likeness (QED) is 0.775. The molecule has 0 aliphatic carbocycles. The zero-order chi connectivity index (χ0) is 10.7. The van der Waals surface area contributed by atoms with E-state index in [9.17, 15) is 0 Å². The Morgan fingerprint density at radius 1 is 1.47 bits per heavy atom. The minimum absolute atomic E-state index is 0.441. The summed E-state index contributed by atoms with van der Waals surface area (Å²) in [5.41, 5.74) is 7.41. The van der Waals surface area contributed by atoms with Gasteiger partial charge in [-0.15, -0.1) is 0 Å². The van der Waals surface area contributed by atoms with E-state index in [0.717, 1.165) is 5.56 Å². The van der Waals surface area contributed by atoms with Gasteiger partial charge in [-0.1, -0.05) is 5.16 Å². The Kier molecular flexibility index (Phi) is 2.49. The zero-order valence-corrected chi connectivity index (χ0v) is 8.27. The number of aromatic nitrogens is 3. The summed E-state index contributed by atoms with van der Waals surface area (Å²) in [6.07, 6.45) is 3.03. The molecule has 2 heterocycles. The highest BCUT2D eigenvalue weighted by molar-refractivity contribution is 5.61. The maximum atomic E-state index is 5.77. The van der Waals surface area contributed by atoms with Crippen LogP contribution in [0.5, 0.6) is 0 Å². The van der Waals surface area contributed by atoms with Crippen LogP contribution in [0, 0.1) is 6.92 Å². The summed E-state index contributed by atoms with van der Waals surface area (Å²) in [6, 6.07) is 1.85. The summed E-state index contributed by atoms with van der Waals surface area (Å²) in [5, 5.41) is 6.68. The molecule has 0 unspecified atom stereocenters. The van der Waals surface area contributed by atoms with Crippen molar-refractivity contribution in [2.24, 2.45) is 0 Å². The van der Waals surface area contributed by atoms with E-state index in [1.807, 2.05) is 13.0 Å².